The van der Waals surface area contributed by atoms with Crippen molar-refractivity contribution >= 4 is 11.8 Å². The summed E-state index contributed by atoms with van der Waals surface area (Å²) in [7, 11) is 1.93. The summed E-state index contributed by atoms with van der Waals surface area (Å²) in [5.74, 6) is 0.0858. The van der Waals surface area contributed by atoms with Crippen LogP contribution in [0.5, 0.6) is 0 Å². The van der Waals surface area contributed by atoms with Crippen molar-refractivity contribution < 1.29 is 14.3 Å². The highest BCUT2D eigenvalue weighted by Crippen LogP contribution is 2.40. The fourth-order valence-corrected chi connectivity index (χ4v) is 3.71. The van der Waals surface area contributed by atoms with Gasteiger partial charge in [-0.3, -0.25) is 9.59 Å². The molecule has 3 rings (SSSR count). The lowest BCUT2D eigenvalue weighted by Crippen LogP contribution is -2.55. The molecule has 0 radical (unpaired) electrons. The summed E-state index contributed by atoms with van der Waals surface area (Å²) in [4.78, 5) is 31.4. The highest BCUT2D eigenvalue weighted by molar-refractivity contribution is 5.82. The van der Waals surface area contributed by atoms with Gasteiger partial charge >= 0.3 is 0 Å². The molecule has 2 heterocycles. The van der Waals surface area contributed by atoms with Crippen LogP contribution in [0, 0.1) is 0 Å². The van der Waals surface area contributed by atoms with E-state index in [4.69, 9.17) is 4.74 Å². The van der Waals surface area contributed by atoms with Gasteiger partial charge in [0.25, 0.3) is 0 Å². The van der Waals surface area contributed by atoms with Gasteiger partial charge in [0.15, 0.2) is 0 Å². The van der Waals surface area contributed by atoms with Crippen LogP contribution in [0.2, 0.25) is 0 Å². The maximum Gasteiger partial charge on any atom is 0.249 e. The average Bonchev–Trinajstić information content (AvgIpc) is 3.35. The molecule has 1 aliphatic heterocycles. The van der Waals surface area contributed by atoms with Gasteiger partial charge in [0.1, 0.15) is 6.10 Å². The molecule has 3 atom stereocenters. The third kappa shape index (κ3) is 3.71. The van der Waals surface area contributed by atoms with Gasteiger partial charge in [0.2, 0.25) is 11.8 Å². The number of aryl methyl sites for hydroxylation is 1. The van der Waals surface area contributed by atoms with Crippen molar-refractivity contribution in [2.24, 2.45) is 7.05 Å². The summed E-state index contributed by atoms with van der Waals surface area (Å²) in [6.07, 6.45) is 6.94. The first-order valence-electron chi connectivity index (χ1n) is 9.26. The fraction of sp³-hybridized carbons (Fsp3) is 0.722. The fourth-order valence-electron chi connectivity index (χ4n) is 3.71. The lowest BCUT2D eigenvalue weighted by atomic mass is 9.92. The number of nitrogens with one attached hydrogen (secondary N) is 1. The van der Waals surface area contributed by atoms with Crippen molar-refractivity contribution in [1.29, 1.82) is 0 Å². The van der Waals surface area contributed by atoms with Crippen LogP contribution in [-0.4, -0.2) is 51.1 Å². The molecule has 1 unspecified atom stereocenters. The van der Waals surface area contributed by atoms with Gasteiger partial charge in [0.05, 0.1) is 30.3 Å². The van der Waals surface area contributed by atoms with Gasteiger partial charge in [-0.2, -0.15) is 0 Å². The Labute approximate surface area is 148 Å². The SMILES string of the molecule is CCOC(CC)C(=O)N[C@@H]1CCC(=O)N(C2CC2)[C@H]1c1cncn1C. The summed E-state index contributed by atoms with van der Waals surface area (Å²) in [5, 5.41) is 3.15. The van der Waals surface area contributed by atoms with Crippen molar-refractivity contribution in [3.8, 4) is 0 Å². The highest BCUT2D eigenvalue weighted by atomic mass is 16.5. The maximum absolute atomic E-state index is 12.6. The van der Waals surface area contributed by atoms with E-state index in [1.165, 1.54) is 0 Å². The number of carbonyl (C=O) groups is 2. The van der Waals surface area contributed by atoms with Crippen LogP contribution in [0.1, 0.15) is 57.7 Å². The van der Waals surface area contributed by atoms with E-state index in [2.05, 4.69) is 10.3 Å². The van der Waals surface area contributed by atoms with E-state index in [0.717, 1.165) is 18.5 Å². The Balaban J connectivity index is 1.84. The number of amides is 2. The van der Waals surface area contributed by atoms with Crippen LogP contribution in [0.3, 0.4) is 0 Å². The van der Waals surface area contributed by atoms with E-state index >= 15 is 0 Å². The maximum atomic E-state index is 12.6. The number of hydrogen-bond acceptors (Lipinski definition) is 4. The van der Waals surface area contributed by atoms with Crippen LogP contribution >= 0.6 is 0 Å². The summed E-state index contributed by atoms with van der Waals surface area (Å²) >= 11 is 0. The van der Waals surface area contributed by atoms with Crippen molar-refractivity contribution in [2.45, 2.75) is 70.2 Å². The minimum Gasteiger partial charge on any atom is -0.369 e. The third-order valence-corrected chi connectivity index (χ3v) is 5.09. The van der Waals surface area contributed by atoms with Gasteiger partial charge in [-0.15, -0.1) is 0 Å². The lowest BCUT2D eigenvalue weighted by molar-refractivity contribution is -0.142. The van der Waals surface area contributed by atoms with E-state index in [1.54, 1.807) is 12.5 Å². The molecule has 2 aliphatic rings. The molecular weight excluding hydrogens is 320 g/mol. The summed E-state index contributed by atoms with van der Waals surface area (Å²) in [6, 6.07) is 0.0148. The van der Waals surface area contributed by atoms with E-state index in [1.807, 2.05) is 30.4 Å². The number of likely N-dealkylation sites (tertiary alicyclic amines) is 1. The predicted octanol–water partition coefficient (Wildman–Crippen LogP) is 1.55. The predicted molar refractivity (Wildman–Crippen MR) is 92.7 cm³/mol. The van der Waals surface area contributed by atoms with Crippen LogP contribution in [-0.2, 0) is 21.4 Å². The normalized spacial score (nSPS) is 25.1. The second kappa shape index (κ2) is 7.56. The van der Waals surface area contributed by atoms with Crippen LogP contribution in [0.25, 0.3) is 0 Å². The number of piperidine rings is 1. The minimum absolute atomic E-state index is 0.0911. The van der Waals surface area contributed by atoms with Gasteiger partial charge in [-0.25, -0.2) is 4.98 Å². The summed E-state index contributed by atoms with van der Waals surface area (Å²) < 4.78 is 7.48. The Bertz CT molecular complexity index is 626. The van der Waals surface area contributed by atoms with Crippen LogP contribution in [0.15, 0.2) is 12.5 Å². The minimum atomic E-state index is -0.441. The average molecular weight is 348 g/mol. The molecule has 138 valence electrons. The van der Waals surface area contributed by atoms with Gasteiger partial charge in [-0.05, 0) is 32.6 Å². The first kappa shape index (κ1) is 17.9. The van der Waals surface area contributed by atoms with Crippen molar-refractivity contribution in [1.82, 2.24) is 19.8 Å². The monoisotopic (exact) mass is 348 g/mol. The number of hydrogen-bond donors (Lipinski definition) is 1. The number of aromatic nitrogens is 2. The topological polar surface area (TPSA) is 76.5 Å². The molecule has 1 saturated carbocycles. The number of carbonyl (C=O) groups excluding carboxylic acids is 2. The molecule has 0 aromatic carbocycles. The third-order valence-electron chi connectivity index (χ3n) is 5.09. The summed E-state index contributed by atoms with van der Waals surface area (Å²) in [5.41, 5.74) is 0.967. The Morgan fingerprint density at radius 2 is 2.16 bits per heavy atom. The molecule has 1 saturated heterocycles. The molecule has 2 fully saturated rings. The Morgan fingerprint density at radius 3 is 2.72 bits per heavy atom. The largest absolute Gasteiger partial charge is 0.369 e. The lowest BCUT2D eigenvalue weighted by Gasteiger charge is -2.42. The van der Waals surface area contributed by atoms with Crippen molar-refractivity contribution in [3.63, 3.8) is 0 Å². The van der Waals surface area contributed by atoms with Gasteiger partial charge in [0, 0.05) is 26.1 Å². The van der Waals surface area contributed by atoms with Crippen LogP contribution < -0.4 is 5.32 Å². The Kier molecular flexibility index (Phi) is 5.42. The molecule has 0 bridgehead atoms. The first-order valence-corrected chi connectivity index (χ1v) is 9.26. The zero-order chi connectivity index (χ0) is 18.0. The number of ether oxygens (including phenoxy) is 1. The molecule has 0 spiro atoms. The van der Waals surface area contributed by atoms with E-state index in [9.17, 15) is 9.59 Å². The van der Waals surface area contributed by atoms with Crippen molar-refractivity contribution in [2.75, 3.05) is 6.61 Å². The van der Waals surface area contributed by atoms with Gasteiger partial charge in [-0.1, -0.05) is 6.92 Å². The quantitative estimate of drug-likeness (QED) is 0.811. The van der Waals surface area contributed by atoms with E-state index < -0.39 is 6.10 Å². The second-order valence-corrected chi connectivity index (χ2v) is 6.91. The molecule has 1 aromatic rings. The highest BCUT2D eigenvalue weighted by Gasteiger charge is 2.45. The molecule has 25 heavy (non-hydrogen) atoms. The van der Waals surface area contributed by atoms with Gasteiger partial charge < -0.3 is 19.5 Å². The van der Waals surface area contributed by atoms with E-state index in [0.29, 0.717) is 31.9 Å². The van der Waals surface area contributed by atoms with E-state index in [-0.39, 0.29) is 23.9 Å². The smallest absolute Gasteiger partial charge is 0.249 e. The molecule has 2 amide bonds. The Morgan fingerprint density at radius 1 is 1.40 bits per heavy atom. The zero-order valence-electron chi connectivity index (χ0n) is 15.3. The van der Waals surface area contributed by atoms with Crippen LogP contribution in [0.4, 0.5) is 0 Å². The Hall–Kier alpha value is -1.89. The standard InChI is InChI=1S/C18H28N4O3/c1-4-15(25-5-2)18(24)20-13-8-9-16(23)22(12-6-7-12)17(13)14-10-19-11-21(14)3/h10-13,15,17H,4-9H2,1-3H3,(H,20,24)/t13-,15?,17-/m1/s1. The summed E-state index contributed by atoms with van der Waals surface area (Å²) in [6.45, 7) is 4.34. The molecule has 1 aromatic heterocycles. The molecule has 1 aliphatic carbocycles. The molecule has 7 nitrogen and oxygen atoms in total. The molecule has 7 heteroatoms. The number of imidazole rings is 1. The zero-order valence-corrected chi connectivity index (χ0v) is 15.3. The second-order valence-electron chi connectivity index (χ2n) is 6.91. The van der Waals surface area contributed by atoms with Crippen molar-refractivity contribution in [3.05, 3.63) is 18.2 Å². The number of nitrogens with zero attached hydrogens (tertiary/aromatic N) is 3. The molecular formula is C18H28N4O3. The molecule has 1 N–H and O–H groups in total. The number of rotatable bonds is 7. The first-order chi connectivity index (χ1) is 12.1.